The van der Waals surface area contributed by atoms with Crippen LogP contribution in [0.25, 0.3) is 0 Å². The highest BCUT2D eigenvalue weighted by atomic mass is 19.1. The Bertz CT molecular complexity index is 402. The molecular weight excluding hydrogens is 265 g/mol. The van der Waals surface area contributed by atoms with Gasteiger partial charge in [0.15, 0.2) is 0 Å². The lowest BCUT2D eigenvalue weighted by Gasteiger charge is -2.23. The average molecular weight is 287 g/mol. The first-order chi connectivity index (χ1) is 9.23. The van der Waals surface area contributed by atoms with Crippen molar-refractivity contribution in [2.75, 3.05) is 7.11 Å². The fourth-order valence-electron chi connectivity index (χ4n) is 1.97. The van der Waals surface area contributed by atoms with E-state index in [2.05, 4.69) is 10.1 Å². The summed E-state index contributed by atoms with van der Waals surface area (Å²) in [7, 11) is 1.24. The fraction of sp³-hybridized carbons (Fsp3) is 0.714. The maximum atomic E-state index is 13.1. The van der Waals surface area contributed by atoms with Crippen molar-refractivity contribution in [3.63, 3.8) is 0 Å². The lowest BCUT2D eigenvalue weighted by atomic mass is 9.92. The highest BCUT2D eigenvalue weighted by Crippen LogP contribution is 2.27. The number of methoxy groups -OCH3 is 1. The topological polar surface area (TPSA) is 64.6 Å². The molecule has 0 aliphatic heterocycles. The standard InChI is InChI=1S/C14H22FNO4/c1-14(2,3)20-13(18)16-11(12(17)19-4)9-5-7-10(15)8-6-9/h10H,5-8H2,1-4H3,(H,16,18). The van der Waals surface area contributed by atoms with Crippen LogP contribution in [0, 0.1) is 0 Å². The van der Waals surface area contributed by atoms with Crippen LogP contribution in [0.3, 0.4) is 0 Å². The molecule has 20 heavy (non-hydrogen) atoms. The third-order valence-electron chi connectivity index (χ3n) is 2.89. The van der Waals surface area contributed by atoms with Crippen LogP contribution in [-0.2, 0) is 14.3 Å². The van der Waals surface area contributed by atoms with E-state index in [0.29, 0.717) is 31.3 Å². The van der Waals surface area contributed by atoms with Crippen LogP contribution in [0.4, 0.5) is 9.18 Å². The Kier molecular flexibility index (Phi) is 5.53. The third kappa shape index (κ3) is 5.19. The van der Waals surface area contributed by atoms with Crippen LogP contribution in [0.5, 0.6) is 0 Å². The Morgan fingerprint density at radius 1 is 1.25 bits per heavy atom. The molecule has 0 spiro atoms. The maximum Gasteiger partial charge on any atom is 0.412 e. The molecule has 1 N–H and O–H groups in total. The molecule has 114 valence electrons. The van der Waals surface area contributed by atoms with Crippen molar-refractivity contribution in [1.29, 1.82) is 0 Å². The molecule has 0 aromatic rings. The second-order valence-electron chi connectivity index (χ2n) is 5.77. The number of amides is 1. The molecule has 1 saturated carbocycles. The number of esters is 1. The van der Waals surface area contributed by atoms with Gasteiger partial charge in [0.2, 0.25) is 0 Å². The van der Waals surface area contributed by atoms with Gasteiger partial charge in [-0.25, -0.2) is 14.0 Å². The fourth-order valence-corrected chi connectivity index (χ4v) is 1.97. The minimum Gasteiger partial charge on any atom is -0.464 e. The number of alkyl carbamates (subject to hydrolysis) is 1. The van der Waals surface area contributed by atoms with E-state index >= 15 is 0 Å². The Hall–Kier alpha value is -1.59. The molecule has 1 amide bonds. The van der Waals surface area contributed by atoms with E-state index in [1.54, 1.807) is 20.8 Å². The lowest BCUT2D eigenvalue weighted by Crippen LogP contribution is -2.35. The molecule has 6 heteroatoms. The van der Waals surface area contributed by atoms with Gasteiger partial charge in [0.05, 0.1) is 7.11 Å². The first kappa shape index (κ1) is 16.5. The van der Waals surface area contributed by atoms with Gasteiger partial charge in [0, 0.05) is 0 Å². The summed E-state index contributed by atoms with van der Waals surface area (Å²) < 4.78 is 22.9. The Morgan fingerprint density at radius 3 is 2.25 bits per heavy atom. The maximum absolute atomic E-state index is 13.1. The molecule has 0 atom stereocenters. The van der Waals surface area contributed by atoms with Gasteiger partial charge >= 0.3 is 12.1 Å². The number of hydrogen-bond acceptors (Lipinski definition) is 4. The Labute approximate surface area is 118 Å². The summed E-state index contributed by atoms with van der Waals surface area (Å²) in [5.74, 6) is -0.636. The molecule has 0 heterocycles. The van der Waals surface area contributed by atoms with Gasteiger partial charge in [-0.05, 0) is 52.0 Å². The molecule has 0 radical (unpaired) electrons. The average Bonchev–Trinajstić information content (AvgIpc) is 2.34. The lowest BCUT2D eigenvalue weighted by molar-refractivity contribution is -0.136. The van der Waals surface area contributed by atoms with Gasteiger partial charge in [-0.1, -0.05) is 0 Å². The molecular formula is C14H22FNO4. The molecule has 0 saturated heterocycles. The summed E-state index contributed by atoms with van der Waals surface area (Å²) in [4.78, 5) is 23.5. The number of carbonyl (C=O) groups is 2. The molecule has 0 aromatic heterocycles. The van der Waals surface area contributed by atoms with Gasteiger partial charge in [-0.3, -0.25) is 5.32 Å². The molecule has 5 nitrogen and oxygen atoms in total. The zero-order chi connectivity index (χ0) is 15.3. The van der Waals surface area contributed by atoms with Crippen LogP contribution < -0.4 is 5.32 Å². The van der Waals surface area contributed by atoms with E-state index in [-0.39, 0.29) is 5.70 Å². The van der Waals surface area contributed by atoms with E-state index in [9.17, 15) is 14.0 Å². The first-order valence-corrected chi connectivity index (χ1v) is 6.67. The largest absolute Gasteiger partial charge is 0.464 e. The van der Waals surface area contributed by atoms with E-state index in [1.807, 2.05) is 0 Å². The van der Waals surface area contributed by atoms with Crippen molar-refractivity contribution in [2.24, 2.45) is 0 Å². The summed E-state index contributed by atoms with van der Waals surface area (Å²) in [5, 5.41) is 2.43. The number of rotatable bonds is 2. The van der Waals surface area contributed by atoms with Crippen molar-refractivity contribution in [1.82, 2.24) is 5.32 Å². The van der Waals surface area contributed by atoms with E-state index in [4.69, 9.17) is 4.74 Å². The molecule has 0 bridgehead atoms. The summed E-state index contributed by atoms with van der Waals surface area (Å²) in [6, 6.07) is 0. The van der Waals surface area contributed by atoms with Crippen LogP contribution in [0.2, 0.25) is 0 Å². The number of hydrogen-bond donors (Lipinski definition) is 1. The Balaban J connectivity index is 2.83. The van der Waals surface area contributed by atoms with E-state index < -0.39 is 23.8 Å². The summed E-state index contributed by atoms with van der Waals surface area (Å²) >= 11 is 0. The quantitative estimate of drug-likeness (QED) is 0.626. The number of alkyl halides is 1. The van der Waals surface area contributed by atoms with Gasteiger partial charge in [0.25, 0.3) is 0 Å². The SMILES string of the molecule is COC(=O)C(NC(=O)OC(C)(C)C)=C1CCC(F)CC1. The molecule has 1 fully saturated rings. The third-order valence-corrected chi connectivity index (χ3v) is 2.89. The number of nitrogens with one attached hydrogen (secondary N) is 1. The molecule has 1 aliphatic rings. The first-order valence-electron chi connectivity index (χ1n) is 6.67. The molecule has 0 unspecified atom stereocenters. The summed E-state index contributed by atoms with van der Waals surface area (Å²) in [6.45, 7) is 5.18. The van der Waals surface area contributed by atoms with Crippen molar-refractivity contribution in [2.45, 2.75) is 58.2 Å². The second-order valence-corrected chi connectivity index (χ2v) is 5.77. The minimum atomic E-state index is -0.848. The number of ether oxygens (including phenoxy) is 2. The highest BCUT2D eigenvalue weighted by molar-refractivity contribution is 5.93. The van der Waals surface area contributed by atoms with Crippen molar-refractivity contribution in [3.05, 3.63) is 11.3 Å². The monoisotopic (exact) mass is 287 g/mol. The number of carbonyl (C=O) groups excluding carboxylic acids is 2. The van der Waals surface area contributed by atoms with Gasteiger partial charge in [-0.2, -0.15) is 0 Å². The van der Waals surface area contributed by atoms with Gasteiger partial charge in [-0.15, -0.1) is 0 Å². The number of allylic oxidation sites excluding steroid dienone is 1. The zero-order valence-electron chi connectivity index (χ0n) is 12.4. The van der Waals surface area contributed by atoms with Crippen LogP contribution in [-0.4, -0.2) is 30.9 Å². The normalized spacial score (nSPS) is 19.2. The van der Waals surface area contributed by atoms with E-state index in [1.165, 1.54) is 7.11 Å². The second kappa shape index (κ2) is 6.72. The van der Waals surface area contributed by atoms with Crippen LogP contribution >= 0.6 is 0 Å². The van der Waals surface area contributed by atoms with E-state index in [0.717, 1.165) is 0 Å². The van der Waals surface area contributed by atoms with Crippen LogP contribution in [0.15, 0.2) is 11.3 Å². The van der Waals surface area contributed by atoms with Crippen molar-refractivity contribution in [3.8, 4) is 0 Å². The van der Waals surface area contributed by atoms with Crippen molar-refractivity contribution < 1.29 is 23.5 Å². The van der Waals surface area contributed by atoms with Crippen molar-refractivity contribution >= 4 is 12.1 Å². The predicted molar refractivity (Wildman–Crippen MR) is 71.8 cm³/mol. The van der Waals surface area contributed by atoms with Gasteiger partial charge in [0.1, 0.15) is 17.5 Å². The summed E-state index contributed by atoms with van der Waals surface area (Å²) in [5.41, 5.74) is 0.123. The molecule has 1 rings (SSSR count). The summed E-state index contributed by atoms with van der Waals surface area (Å²) in [6.07, 6.45) is 0.00688. The smallest absolute Gasteiger partial charge is 0.412 e. The van der Waals surface area contributed by atoms with Gasteiger partial charge < -0.3 is 9.47 Å². The molecule has 1 aliphatic carbocycles. The molecule has 0 aromatic carbocycles. The zero-order valence-corrected chi connectivity index (χ0v) is 12.4. The van der Waals surface area contributed by atoms with Crippen LogP contribution in [0.1, 0.15) is 46.5 Å². The number of halogens is 1. The Morgan fingerprint density at radius 2 is 1.80 bits per heavy atom. The highest BCUT2D eigenvalue weighted by Gasteiger charge is 2.25. The predicted octanol–water partition coefficient (Wildman–Crippen LogP) is 2.85. The minimum absolute atomic E-state index is 0.0775.